The second-order valence-electron chi connectivity index (χ2n) is 5.69. The highest BCUT2D eigenvalue weighted by molar-refractivity contribution is 5.49. The van der Waals surface area contributed by atoms with E-state index in [1.165, 1.54) is 12.8 Å². The first kappa shape index (κ1) is 15.1. The number of aryl methyl sites for hydroxylation is 1. The van der Waals surface area contributed by atoms with Crippen molar-refractivity contribution < 1.29 is 0 Å². The van der Waals surface area contributed by atoms with E-state index in [-0.39, 0.29) is 0 Å². The van der Waals surface area contributed by atoms with Crippen molar-refractivity contribution in [2.24, 2.45) is 5.92 Å². The van der Waals surface area contributed by atoms with Crippen molar-refractivity contribution in [2.75, 3.05) is 29.9 Å². The molecule has 1 N–H and O–H groups in total. The van der Waals surface area contributed by atoms with E-state index < -0.39 is 0 Å². The molecule has 1 aliphatic rings. The fourth-order valence-electron chi connectivity index (χ4n) is 2.32. The van der Waals surface area contributed by atoms with Crippen molar-refractivity contribution >= 4 is 11.6 Å². The van der Waals surface area contributed by atoms with E-state index in [1.54, 1.807) is 0 Å². The Bertz CT molecular complexity index is 415. The molecule has 2 rings (SSSR count). The quantitative estimate of drug-likeness (QED) is 0.749. The number of anilines is 2. The Kier molecular flexibility index (Phi) is 5.62. The zero-order valence-electron chi connectivity index (χ0n) is 13.2. The first-order valence-corrected chi connectivity index (χ1v) is 8.13. The molecule has 0 aromatic carbocycles. The average Bonchev–Trinajstić information content (AvgIpc) is 3.26. The van der Waals surface area contributed by atoms with Crippen LogP contribution in [0.25, 0.3) is 0 Å². The molecule has 0 radical (unpaired) electrons. The Morgan fingerprint density at radius 1 is 1.20 bits per heavy atom. The highest BCUT2D eigenvalue weighted by atomic mass is 15.2. The molecular formula is C16H28N4. The highest BCUT2D eigenvalue weighted by Gasteiger charge is 2.24. The summed E-state index contributed by atoms with van der Waals surface area (Å²) in [6, 6.07) is 2.11. The van der Waals surface area contributed by atoms with Crippen molar-refractivity contribution in [1.29, 1.82) is 0 Å². The standard InChI is InChI=1S/C16H28N4/c1-4-7-14-18-15(17-10-5-2)11-16(19-14)20(6-3)12-13-8-9-13/h11,13H,4-10,12H2,1-3H3,(H,17,18,19). The fraction of sp³-hybridized carbons (Fsp3) is 0.750. The number of rotatable bonds is 9. The smallest absolute Gasteiger partial charge is 0.134 e. The summed E-state index contributed by atoms with van der Waals surface area (Å²) in [7, 11) is 0. The third-order valence-corrected chi connectivity index (χ3v) is 3.67. The Morgan fingerprint density at radius 3 is 2.60 bits per heavy atom. The molecule has 0 saturated heterocycles. The largest absolute Gasteiger partial charge is 0.370 e. The molecule has 1 aromatic rings. The molecule has 112 valence electrons. The molecule has 0 bridgehead atoms. The maximum absolute atomic E-state index is 4.76. The van der Waals surface area contributed by atoms with Gasteiger partial charge in [-0.2, -0.15) is 0 Å². The topological polar surface area (TPSA) is 41.0 Å². The van der Waals surface area contributed by atoms with Gasteiger partial charge in [0.2, 0.25) is 0 Å². The molecule has 1 aliphatic carbocycles. The Morgan fingerprint density at radius 2 is 2.00 bits per heavy atom. The van der Waals surface area contributed by atoms with Crippen LogP contribution in [0.4, 0.5) is 11.6 Å². The lowest BCUT2D eigenvalue weighted by molar-refractivity contribution is 0.722. The first-order valence-electron chi connectivity index (χ1n) is 8.13. The molecule has 0 aliphatic heterocycles. The van der Waals surface area contributed by atoms with Gasteiger partial charge in [-0.05, 0) is 38.5 Å². The van der Waals surface area contributed by atoms with Gasteiger partial charge in [0.1, 0.15) is 17.5 Å². The van der Waals surface area contributed by atoms with Crippen molar-refractivity contribution in [2.45, 2.75) is 52.9 Å². The van der Waals surface area contributed by atoms with Gasteiger partial charge < -0.3 is 10.2 Å². The molecule has 0 atom stereocenters. The summed E-state index contributed by atoms with van der Waals surface area (Å²) in [5, 5.41) is 3.40. The highest BCUT2D eigenvalue weighted by Crippen LogP contribution is 2.31. The minimum absolute atomic E-state index is 0.881. The minimum Gasteiger partial charge on any atom is -0.370 e. The monoisotopic (exact) mass is 276 g/mol. The van der Waals surface area contributed by atoms with Gasteiger partial charge in [0.05, 0.1) is 0 Å². The van der Waals surface area contributed by atoms with Crippen LogP contribution in [0.5, 0.6) is 0 Å². The lowest BCUT2D eigenvalue weighted by Gasteiger charge is -2.23. The molecule has 4 nitrogen and oxygen atoms in total. The molecule has 0 amide bonds. The number of nitrogens with zero attached hydrogens (tertiary/aromatic N) is 3. The summed E-state index contributed by atoms with van der Waals surface area (Å²) >= 11 is 0. The summed E-state index contributed by atoms with van der Waals surface area (Å²) in [4.78, 5) is 11.8. The zero-order valence-corrected chi connectivity index (χ0v) is 13.2. The van der Waals surface area contributed by atoms with Gasteiger partial charge in [0, 0.05) is 32.1 Å². The maximum atomic E-state index is 4.76. The number of nitrogens with one attached hydrogen (secondary N) is 1. The van der Waals surface area contributed by atoms with Crippen LogP contribution in [-0.2, 0) is 6.42 Å². The lowest BCUT2D eigenvalue weighted by Crippen LogP contribution is -2.27. The Labute approximate surface area is 123 Å². The molecule has 1 heterocycles. The summed E-state index contributed by atoms with van der Waals surface area (Å²) in [5.41, 5.74) is 0. The van der Waals surface area contributed by atoms with E-state index in [4.69, 9.17) is 4.98 Å². The van der Waals surface area contributed by atoms with Gasteiger partial charge >= 0.3 is 0 Å². The lowest BCUT2D eigenvalue weighted by atomic mass is 10.3. The van der Waals surface area contributed by atoms with E-state index in [9.17, 15) is 0 Å². The van der Waals surface area contributed by atoms with Crippen molar-refractivity contribution in [3.05, 3.63) is 11.9 Å². The molecule has 1 saturated carbocycles. The first-order chi connectivity index (χ1) is 9.76. The predicted octanol–water partition coefficient (Wildman–Crippen LogP) is 3.49. The van der Waals surface area contributed by atoms with Crippen LogP contribution in [0.1, 0.15) is 52.3 Å². The van der Waals surface area contributed by atoms with Crippen LogP contribution in [0.15, 0.2) is 6.07 Å². The van der Waals surface area contributed by atoms with Crippen LogP contribution < -0.4 is 10.2 Å². The summed E-state index contributed by atoms with van der Waals surface area (Å²) < 4.78 is 0. The van der Waals surface area contributed by atoms with Crippen molar-refractivity contribution in [3.63, 3.8) is 0 Å². The van der Waals surface area contributed by atoms with Gasteiger partial charge in [0.15, 0.2) is 0 Å². The molecule has 20 heavy (non-hydrogen) atoms. The molecule has 1 fully saturated rings. The van der Waals surface area contributed by atoms with Crippen LogP contribution in [0, 0.1) is 5.92 Å². The Balaban J connectivity index is 2.16. The minimum atomic E-state index is 0.881. The van der Waals surface area contributed by atoms with E-state index in [2.05, 4.69) is 42.0 Å². The van der Waals surface area contributed by atoms with Crippen molar-refractivity contribution in [1.82, 2.24) is 9.97 Å². The number of hydrogen-bond donors (Lipinski definition) is 1. The van der Waals surface area contributed by atoms with Gasteiger partial charge in [-0.3, -0.25) is 0 Å². The zero-order chi connectivity index (χ0) is 14.4. The fourth-order valence-corrected chi connectivity index (χ4v) is 2.32. The van der Waals surface area contributed by atoms with Crippen LogP contribution in [0.2, 0.25) is 0 Å². The number of aromatic nitrogens is 2. The second kappa shape index (κ2) is 7.46. The third-order valence-electron chi connectivity index (χ3n) is 3.67. The molecule has 1 aromatic heterocycles. The maximum Gasteiger partial charge on any atom is 0.134 e. The summed E-state index contributed by atoms with van der Waals surface area (Å²) in [6.45, 7) is 9.70. The molecule has 0 unspecified atom stereocenters. The molecule has 0 spiro atoms. The SMILES string of the molecule is CCCNc1cc(N(CC)CC2CC2)nc(CCC)n1. The van der Waals surface area contributed by atoms with E-state index in [0.29, 0.717) is 0 Å². The second-order valence-corrected chi connectivity index (χ2v) is 5.69. The third kappa shape index (κ3) is 4.36. The number of hydrogen-bond acceptors (Lipinski definition) is 4. The molecular weight excluding hydrogens is 248 g/mol. The molecule has 4 heteroatoms. The van der Waals surface area contributed by atoms with Crippen LogP contribution in [0.3, 0.4) is 0 Å². The van der Waals surface area contributed by atoms with Crippen molar-refractivity contribution in [3.8, 4) is 0 Å². The average molecular weight is 276 g/mol. The predicted molar refractivity (Wildman–Crippen MR) is 85.4 cm³/mol. The van der Waals surface area contributed by atoms with Crippen LogP contribution in [-0.4, -0.2) is 29.6 Å². The normalized spacial score (nSPS) is 14.3. The Hall–Kier alpha value is -1.32. The van der Waals surface area contributed by atoms with Gasteiger partial charge in [-0.25, -0.2) is 9.97 Å². The van der Waals surface area contributed by atoms with E-state index in [0.717, 1.165) is 62.3 Å². The van der Waals surface area contributed by atoms with Crippen LogP contribution >= 0.6 is 0 Å². The van der Waals surface area contributed by atoms with E-state index >= 15 is 0 Å². The van der Waals surface area contributed by atoms with E-state index in [1.807, 2.05) is 0 Å². The van der Waals surface area contributed by atoms with Gasteiger partial charge in [-0.15, -0.1) is 0 Å². The van der Waals surface area contributed by atoms with Gasteiger partial charge in [0.25, 0.3) is 0 Å². The summed E-state index contributed by atoms with van der Waals surface area (Å²) in [6.07, 6.45) is 5.91. The van der Waals surface area contributed by atoms with Gasteiger partial charge in [-0.1, -0.05) is 13.8 Å². The summed E-state index contributed by atoms with van der Waals surface area (Å²) in [5.74, 6) is 3.93.